The van der Waals surface area contributed by atoms with Gasteiger partial charge in [0.1, 0.15) is 5.82 Å². The predicted molar refractivity (Wildman–Crippen MR) is 80.3 cm³/mol. The van der Waals surface area contributed by atoms with E-state index in [4.69, 9.17) is 0 Å². The predicted octanol–water partition coefficient (Wildman–Crippen LogP) is 4.22. The summed E-state index contributed by atoms with van der Waals surface area (Å²) < 4.78 is 16.3. The molecule has 3 nitrogen and oxygen atoms in total. The molecule has 5 heteroatoms. The number of halogens is 2. The Kier molecular flexibility index (Phi) is 3.09. The van der Waals surface area contributed by atoms with Gasteiger partial charge >= 0.3 is 0 Å². The fourth-order valence-electron chi connectivity index (χ4n) is 2.21. The van der Waals surface area contributed by atoms with Gasteiger partial charge in [-0.2, -0.15) is 0 Å². The van der Waals surface area contributed by atoms with Crippen molar-refractivity contribution in [3.05, 3.63) is 51.6 Å². The Morgan fingerprint density at radius 3 is 2.60 bits per heavy atom. The summed E-state index contributed by atoms with van der Waals surface area (Å²) in [5.74, 6) is 0.450. The van der Waals surface area contributed by atoms with E-state index in [0.29, 0.717) is 11.3 Å². The minimum Gasteiger partial charge on any atom is -0.287 e. The molecule has 2 heterocycles. The van der Waals surface area contributed by atoms with Crippen molar-refractivity contribution in [1.29, 1.82) is 0 Å². The monoisotopic (exact) mass is 333 g/mol. The summed E-state index contributed by atoms with van der Waals surface area (Å²) in [6, 6.07) is 5.01. The number of hydrogen-bond acceptors (Lipinski definition) is 2. The van der Waals surface area contributed by atoms with Gasteiger partial charge in [0.15, 0.2) is 0 Å². The molecule has 102 valence electrons. The lowest BCUT2D eigenvalue weighted by Gasteiger charge is -2.04. The lowest BCUT2D eigenvalue weighted by Crippen LogP contribution is -1.97. The van der Waals surface area contributed by atoms with E-state index in [-0.39, 0.29) is 5.82 Å². The van der Waals surface area contributed by atoms with Crippen LogP contribution in [-0.2, 0) is 0 Å². The normalized spacial score (nSPS) is 11.2. The number of nitrogens with zero attached hydrogens (tertiary/aromatic N) is 3. The molecular weight excluding hydrogens is 321 g/mol. The van der Waals surface area contributed by atoms with E-state index in [1.54, 1.807) is 19.1 Å². The molecule has 0 amide bonds. The Bertz CT molecular complexity index is 824. The molecule has 0 aliphatic carbocycles. The van der Waals surface area contributed by atoms with Crippen LogP contribution in [0.4, 0.5) is 4.39 Å². The maximum atomic E-state index is 13.3. The van der Waals surface area contributed by atoms with Crippen LogP contribution in [0.25, 0.3) is 17.0 Å². The summed E-state index contributed by atoms with van der Waals surface area (Å²) in [5, 5.41) is 0. The van der Waals surface area contributed by atoms with Crippen molar-refractivity contribution in [3.8, 4) is 11.3 Å². The minimum absolute atomic E-state index is 0.203. The molecule has 0 atom stereocenters. The smallest absolute Gasteiger partial charge is 0.234 e. The van der Waals surface area contributed by atoms with Crippen molar-refractivity contribution in [2.45, 2.75) is 20.8 Å². The summed E-state index contributed by atoms with van der Waals surface area (Å²) in [5.41, 5.74) is 4.25. The molecule has 2 aromatic heterocycles. The molecule has 0 N–H and O–H groups in total. The Hall–Kier alpha value is -1.75. The van der Waals surface area contributed by atoms with Crippen molar-refractivity contribution >= 4 is 21.7 Å². The van der Waals surface area contributed by atoms with Crippen LogP contribution >= 0.6 is 15.9 Å². The molecule has 3 rings (SSSR count). The third kappa shape index (κ3) is 2.02. The number of aryl methyl sites for hydroxylation is 3. The second kappa shape index (κ2) is 4.66. The number of imidazole rings is 1. The number of hydrogen-bond donors (Lipinski definition) is 0. The van der Waals surface area contributed by atoms with Crippen molar-refractivity contribution in [2.24, 2.45) is 0 Å². The van der Waals surface area contributed by atoms with Crippen molar-refractivity contribution in [2.75, 3.05) is 0 Å². The number of fused-ring (bicyclic) bond motifs is 1. The highest BCUT2D eigenvalue weighted by Crippen LogP contribution is 2.25. The average molecular weight is 334 g/mol. The summed E-state index contributed by atoms with van der Waals surface area (Å²) in [6.45, 7) is 5.69. The Morgan fingerprint density at radius 2 is 1.90 bits per heavy atom. The maximum absolute atomic E-state index is 13.3. The van der Waals surface area contributed by atoms with Gasteiger partial charge < -0.3 is 0 Å². The lowest BCUT2D eigenvalue weighted by atomic mass is 10.1. The van der Waals surface area contributed by atoms with E-state index >= 15 is 0 Å². The largest absolute Gasteiger partial charge is 0.287 e. The SMILES string of the molecule is Cc1cc(-c2cn3c(C)c(Br)c(C)nc3n2)ccc1F. The van der Waals surface area contributed by atoms with Gasteiger partial charge in [-0.05, 0) is 60.5 Å². The van der Waals surface area contributed by atoms with Crippen molar-refractivity contribution < 1.29 is 4.39 Å². The third-order valence-corrected chi connectivity index (χ3v) is 4.55. The van der Waals surface area contributed by atoms with Crippen LogP contribution in [0.3, 0.4) is 0 Å². The highest BCUT2D eigenvalue weighted by atomic mass is 79.9. The first-order valence-corrected chi connectivity index (χ1v) is 7.05. The van der Waals surface area contributed by atoms with Gasteiger partial charge in [-0.3, -0.25) is 4.40 Å². The zero-order valence-electron chi connectivity index (χ0n) is 11.4. The third-order valence-electron chi connectivity index (χ3n) is 3.41. The summed E-state index contributed by atoms with van der Waals surface area (Å²) >= 11 is 3.53. The fourth-order valence-corrected chi connectivity index (χ4v) is 2.49. The van der Waals surface area contributed by atoms with E-state index in [2.05, 4.69) is 25.9 Å². The van der Waals surface area contributed by atoms with Crippen LogP contribution in [0.2, 0.25) is 0 Å². The van der Waals surface area contributed by atoms with E-state index in [0.717, 1.165) is 27.1 Å². The van der Waals surface area contributed by atoms with Gasteiger partial charge in [-0.1, -0.05) is 0 Å². The zero-order chi connectivity index (χ0) is 14.4. The van der Waals surface area contributed by atoms with E-state index in [1.165, 1.54) is 6.07 Å². The number of benzene rings is 1. The zero-order valence-corrected chi connectivity index (χ0v) is 13.0. The summed E-state index contributed by atoms with van der Waals surface area (Å²) in [7, 11) is 0. The summed E-state index contributed by atoms with van der Waals surface area (Å²) in [6.07, 6.45) is 1.93. The van der Waals surface area contributed by atoms with Gasteiger partial charge in [0, 0.05) is 17.5 Å². The fraction of sp³-hybridized carbons (Fsp3) is 0.200. The van der Waals surface area contributed by atoms with Crippen molar-refractivity contribution in [1.82, 2.24) is 14.4 Å². The number of rotatable bonds is 1. The molecular formula is C15H13BrFN3. The first-order chi connectivity index (χ1) is 9.47. The first kappa shape index (κ1) is 13.2. The Balaban J connectivity index is 2.23. The quantitative estimate of drug-likeness (QED) is 0.667. The standard InChI is InChI=1S/C15H13BrFN3/c1-8-6-11(4-5-12(8)17)13-7-20-10(3)14(16)9(2)18-15(20)19-13/h4-7H,1-3H3. The Morgan fingerprint density at radius 1 is 1.15 bits per heavy atom. The van der Waals surface area contributed by atoms with E-state index in [1.807, 2.05) is 24.4 Å². The van der Waals surface area contributed by atoms with Crippen LogP contribution in [0.15, 0.2) is 28.9 Å². The van der Waals surface area contributed by atoms with E-state index < -0.39 is 0 Å². The average Bonchev–Trinajstić information content (AvgIpc) is 2.83. The van der Waals surface area contributed by atoms with Crippen LogP contribution in [-0.4, -0.2) is 14.4 Å². The van der Waals surface area contributed by atoms with Crippen LogP contribution < -0.4 is 0 Å². The lowest BCUT2D eigenvalue weighted by molar-refractivity contribution is 0.619. The maximum Gasteiger partial charge on any atom is 0.234 e. The highest BCUT2D eigenvalue weighted by molar-refractivity contribution is 9.10. The second-order valence-corrected chi connectivity index (χ2v) is 5.65. The molecule has 0 unspecified atom stereocenters. The molecule has 0 aliphatic heterocycles. The summed E-state index contributed by atoms with van der Waals surface area (Å²) in [4.78, 5) is 8.98. The molecule has 0 fully saturated rings. The van der Waals surface area contributed by atoms with Gasteiger partial charge in [0.05, 0.1) is 15.9 Å². The van der Waals surface area contributed by atoms with Gasteiger partial charge in [-0.15, -0.1) is 0 Å². The number of aromatic nitrogens is 3. The Labute approximate surface area is 124 Å². The van der Waals surface area contributed by atoms with Crippen LogP contribution in [0.5, 0.6) is 0 Å². The highest BCUT2D eigenvalue weighted by Gasteiger charge is 2.11. The van der Waals surface area contributed by atoms with Gasteiger partial charge in [0.2, 0.25) is 5.78 Å². The van der Waals surface area contributed by atoms with E-state index in [9.17, 15) is 4.39 Å². The molecule has 0 radical (unpaired) electrons. The van der Waals surface area contributed by atoms with Crippen LogP contribution in [0.1, 0.15) is 17.0 Å². The van der Waals surface area contributed by atoms with Gasteiger partial charge in [0.25, 0.3) is 0 Å². The van der Waals surface area contributed by atoms with Gasteiger partial charge in [-0.25, -0.2) is 14.4 Å². The molecule has 0 bridgehead atoms. The molecule has 0 saturated carbocycles. The second-order valence-electron chi connectivity index (χ2n) is 4.86. The topological polar surface area (TPSA) is 30.2 Å². The molecule has 0 spiro atoms. The first-order valence-electron chi connectivity index (χ1n) is 6.25. The molecule has 3 aromatic rings. The van der Waals surface area contributed by atoms with Crippen molar-refractivity contribution in [3.63, 3.8) is 0 Å². The van der Waals surface area contributed by atoms with Crippen LogP contribution in [0, 0.1) is 26.6 Å². The molecule has 0 saturated heterocycles. The molecule has 0 aliphatic rings. The molecule has 20 heavy (non-hydrogen) atoms. The molecule has 1 aromatic carbocycles. The minimum atomic E-state index is -0.203.